The smallest absolute Gasteiger partial charge is 0.0898 e. The summed E-state index contributed by atoms with van der Waals surface area (Å²) < 4.78 is 0. The summed E-state index contributed by atoms with van der Waals surface area (Å²) in [7, 11) is 0. The summed E-state index contributed by atoms with van der Waals surface area (Å²) in [5.74, 6) is 0. The number of pyridine rings is 1. The fourth-order valence-electron chi connectivity index (χ4n) is 1.56. The van der Waals surface area contributed by atoms with Crippen LogP contribution in [0, 0.1) is 13.8 Å². The van der Waals surface area contributed by atoms with E-state index in [2.05, 4.69) is 33.7 Å². The van der Waals surface area contributed by atoms with Crippen LogP contribution in [-0.4, -0.2) is 9.97 Å². The molecule has 1 unspecified atom stereocenters. The van der Waals surface area contributed by atoms with Crippen molar-refractivity contribution in [2.24, 2.45) is 0 Å². The number of thiazole rings is 1. The van der Waals surface area contributed by atoms with Crippen LogP contribution in [0.15, 0.2) is 23.7 Å². The van der Waals surface area contributed by atoms with Crippen LogP contribution in [0.1, 0.15) is 34.9 Å². The fourth-order valence-corrected chi connectivity index (χ4v) is 2.26. The molecule has 0 spiro atoms. The Morgan fingerprint density at radius 3 is 2.76 bits per heavy atom. The van der Waals surface area contributed by atoms with Crippen molar-refractivity contribution >= 4 is 11.3 Å². The molecule has 0 amide bonds. The lowest BCUT2D eigenvalue weighted by molar-refractivity contribution is 0.562. The zero-order valence-electron chi connectivity index (χ0n) is 10.4. The first-order valence-electron chi connectivity index (χ1n) is 5.72. The van der Waals surface area contributed by atoms with Crippen molar-refractivity contribution in [1.82, 2.24) is 15.3 Å². The van der Waals surface area contributed by atoms with Crippen molar-refractivity contribution in [3.63, 3.8) is 0 Å². The summed E-state index contributed by atoms with van der Waals surface area (Å²) in [6, 6.07) is 4.42. The van der Waals surface area contributed by atoms with Gasteiger partial charge in [0.1, 0.15) is 0 Å². The van der Waals surface area contributed by atoms with Gasteiger partial charge in [-0.15, -0.1) is 11.3 Å². The largest absolute Gasteiger partial charge is 0.305 e. The maximum atomic E-state index is 4.48. The van der Waals surface area contributed by atoms with E-state index in [1.165, 1.54) is 5.56 Å². The van der Waals surface area contributed by atoms with Gasteiger partial charge in [0.15, 0.2) is 0 Å². The van der Waals surface area contributed by atoms with Crippen molar-refractivity contribution in [2.75, 3.05) is 0 Å². The normalized spacial score (nSPS) is 12.6. The molecule has 0 saturated carbocycles. The van der Waals surface area contributed by atoms with Gasteiger partial charge in [0, 0.05) is 29.9 Å². The quantitative estimate of drug-likeness (QED) is 0.902. The SMILES string of the molecule is Cc1ccc(CNC(C)c2csc(C)n2)cn1. The second-order valence-electron chi connectivity index (χ2n) is 4.20. The van der Waals surface area contributed by atoms with Crippen LogP contribution in [0.2, 0.25) is 0 Å². The topological polar surface area (TPSA) is 37.8 Å². The minimum atomic E-state index is 0.279. The van der Waals surface area contributed by atoms with E-state index in [1.807, 2.05) is 26.1 Å². The van der Waals surface area contributed by atoms with Crippen LogP contribution in [0.4, 0.5) is 0 Å². The van der Waals surface area contributed by atoms with E-state index in [0.29, 0.717) is 0 Å². The van der Waals surface area contributed by atoms with E-state index < -0.39 is 0 Å². The number of aromatic nitrogens is 2. The lowest BCUT2D eigenvalue weighted by atomic mass is 10.2. The van der Waals surface area contributed by atoms with Crippen molar-refractivity contribution in [2.45, 2.75) is 33.4 Å². The van der Waals surface area contributed by atoms with E-state index in [1.54, 1.807) is 11.3 Å². The maximum Gasteiger partial charge on any atom is 0.0898 e. The van der Waals surface area contributed by atoms with E-state index in [-0.39, 0.29) is 6.04 Å². The zero-order valence-corrected chi connectivity index (χ0v) is 11.2. The van der Waals surface area contributed by atoms with Crippen LogP contribution in [0.3, 0.4) is 0 Å². The second kappa shape index (κ2) is 5.38. The first kappa shape index (κ1) is 12.2. The van der Waals surface area contributed by atoms with Gasteiger partial charge in [-0.05, 0) is 32.4 Å². The van der Waals surface area contributed by atoms with Crippen LogP contribution >= 0.6 is 11.3 Å². The zero-order chi connectivity index (χ0) is 12.3. The van der Waals surface area contributed by atoms with Gasteiger partial charge in [-0.3, -0.25) is 4.98 Å². The molecule has 0 aliphatic rings. The molecule has 2 rings (SSSR count). The maximum absolute atomic E-state index is 4.48. The van der Waals surface area contributed by atoms with Crippen molar-refractivity contribution in [3.8, 4) is 0 Å². The number of rotatable bonds is 4. The third kappa shape index (κ3) is 3.35. The van der Waals surface area contributed by atoms with Gasteiger partial charge in [0.25, 0.3) is 0 Å². The van der Waals surface area contributed by atoms with E-state index in [0.717, 1.165) is 22.9 Å². The molecule has 1 N–H and O–H groups in total. The average Bonchev–Trinajstić information content (AvgIpc) is 2.75. The van der Waals surface area contributed by atoms with Crippen LogP contribution in [-0.2, 0) is 6.54 Å². The molecule has 0 saturated heterocycles. The monoisotopic (exact) mass is 247 g/mol. The Morgan fingerprint density at radius 1 is 1.35 bits per heavy atom. The third-order valence-corrected chi connectivity index (χ3v) is 3.46. The molecule has 17 heavy (non-hydrogen) atoms. The first-order valence-corrected chi connectivity index (χ1v) is 6.60. The van der Waals surface area contributed by atoms with Crippen LogP contribution < -0.4 is 5.32 Å². The first-order chi connectivity index (χ1) is 8.15. The molecule has 1 atom stereocenters. The number of aryl methyl sites for hydroxylation is 2. The molecule has 2 aromatic heterocycles. The summed E-state index contributed by atoms with van der Waals surface area (Å²) in [6.45, 7) is 6.99. The summed E-state index contributed by atoms with van der Waals surface area (Å²) in [5.41, 5.74) is 3.37. The molecular formula is C13H17N3S. The number of hydrogen-bond acceptors (Lipinski definition) is 4. The third-order valence-electron chi connectivity index (χ3n) is 2.67. The highest BCUT2D eigenvalue weighted by Gasteiger charge is 2.07. The Labute approximate surface area is 106 Å². The molecule has 2 heterocycles. The van der Waals surface area contributed by atoms with Crippen LogP contribution in [0.5, 0.6) is 0 Å². The minimum absolute atomic E-state index is 0.279. The van der Waals surface area contributed by atoms with E-state index in [9.17, 15) is 0 Å². The van der Waals surface area contributed by atoms with Crippen LogP contribution in [0.25, 0.3) is 0 Å². The van der Waals surface area contributed by atoms with Gasteiger partial charge < -0.3 is 5.32 Å². The fraction of sp³-hybridized carbons (Fsp3) is 0.385. The summed E-state index contributed by atoms with van der Waals surface area (Å²) in [6.07, 6.45) is 1.92. The molecule has 0 fully saturated rings. The highest BCUT2D eigenvalue weighted by atomic mass is 32.1. The summed E-state index contributed by atoms with van der Waals surface area (Å²) >= 11 is 1.69. The molecule has 0 bridgehead atoms. The Hall–Kier alpha value is -1.26. The lowest BCUT2D eigenvalue weighted by Crippen LogP contribution is -2.18. The Balaban J connectivity index is 1.92. The van der Waals surface area contributed by atoms with Gasteiger partial charge in [-0.1, -0.05) is 6.07 Å². The molecule has 2 aromatic rings. The standard InChI is InChI=1S/C13H17N3S/c1-9-4-5-12(6-14-9)7-15-10(2)13-8-17-11(3)16-13/h4-6,8,10,15H,7H2,1-3H3. The molecule has 0 aliphatic carbocycles. The summed E-state index contributed by atoms with van der Waals surface area (Å²) in [4.78, 5) is 8.76. The molecule has 0 aromatic carbocycles. The molecule has 4 heteroatoms. The van der Waals surface area contributed by atoms with Gasteiger partial charge in [-0.2, -0.15) is 0 Å². The van der Waals surface area contributed by atoms with Crippen molar-refractivity contribution < 1.29 is 0 Å². The van der Waals surface area contributed by atoms with E-state index in [4.69, 9.17) is 0 Å². The Kier molecular flexibility index (Phi) is 3.86. The Morgan fingerprint density at radius 2 is 2.18 bits per heavy atom. The number of nitrogens with zero attached hydrogens (tertiary/aromatic N) is 2. The van der Waals surface area contributed by atoms with Gasteiger partial charge in [-0.25, -0.2) is 4.98 Å². The van der Waals surface area contributed by atoms with Gasteiger partial charge >= 0.3 is 0 Å². The van der Waals surface area contributed by atoms with Crippen molar-refractivity contribution in [1.29, 1.82) is 0 Å². The number of nitrogens with one attached hydrogen (secondary N) is 1. The summed E-state index contributed by atoms with van der Waals surface area (Å²) in [5, 5.41) is 6.68. The number of hydrogen-bond donors (Lipinski definition) is 1. The highest BCUT2D eigenvalue weighted by molar-refractivity contribution is 7.09. The molecule has 3 nitrogen and oxygen atoms in total. The lowest BCUT2D eigenvalue weighted by Gasteiger charge is -2.11. The minimum Gasteiger partial charge on any atom is -0.305 e. The molecular weight excluding hydrogens is 230 g/mol. The van der Waals surface area contributed by atoms with Crippen molar-refractivity contribution in [3.05, 3.63) is 45.7 Å². The van der Waals surface area contributed by atoms with E-state index >= 15 is 0 Å². The molecule has 0 radical (unpaired) electrons. The molecule has 0 aliphatic heterocycles. The second-order valence-corrected chi connectivity index (χ2v) is 5.26. The highest BCUT2D eigenvalue weighted by Crippen LogP contribution is 2.16. The van der Waals surface area contributed by atoms with Gasteiger partial charge in [0.2, 0.25) is 0 Å². The Bertz CT molecular complexity index is 476. The average molecular weight is 247 g/mol. The predicted molar refractivity (Wildman–Crippen MR) is 71.1 cm³/mol. The van der Waals surface area contributed by atoms with Gasteiger partial charge in [0.05, 0.1) is 10.7 Å². The molecule has 90 valence electrons. The predicted octanol–water partition coefficient (Wildman–Crippen LogP) is 3.01.